The number of rotatable bonds is 6. The molecule has 1 N–H and O–H groups in total. The fraction of sp³-hybridized carbons (Fsp3) is 0.588. The Hall–Kier alpha value is -1.10. The molecule has 1 amide bonds. The number of amides is 1. The van der Waals surface area contributed by atoms with Crippen LogP contribution in [0.5, 0.6) is 0 Å². The van der Waals surface area contributed by atoms with Gasteiger partial charge in [0.25, 0.3) is 0 Å². The third-order valence-electron chi connectivity index (χ3n) is 4.08. The summed E-state index contributed by atoms with van der Waals surface area (Å²) in [7, 11) is 4.07. The molecule has 4 nitrogen and oxygen atoms in total. The number of hydrogen-bond acceptors (Lipinski definition) is 3. The van der Waals surface area contributed by atoms with Crippen LogP contribution in [0, 0.1) is 5.92 Å². The highest BCUT2D eigenvalue weighted by molar-refractivity contribution is 6.30. The van der Waals surface area contributed by atoms with Crippen LogP contribution in [0.1, 0.15) is 18.4 Å². The summed E-state index contributed by atoms with van der Waals surface area (Å²) in [6.45, 7) is 4.14. The van der Waals surface area contributed by atoms with Gasteiger partial charge in [0, 0.05) is 30.6 Å². The Kier molecular flexibility index (Phi) is 6.68. The lowest BCUT2D eigenvalue weighted by Gasteiger charge is -2.30. The van der Waals surface area contributed by atoms with Gasteiger partial charge in [0.2, 0.25) is 5.91 Å². The molecule has 0 spiro atoms. The van der Waals surface area contributed by atoms with Gasteiger partial charge in [-0.1, -0.05) is 23.7 Å². The molecule has 1 aliphatic rings. The van der Waals surface area contributed by atoms with Gasteiger partial charge in [0.1, 0.15) is 0 Å². The lowest BCUT2D eigenvalue weighted by molar-refractivity contribution is -0.137. The standard InChI is InChI=1S/C17H26ClN3O/c1-20(2)10-11-21(13-14-4-3-5-16(18)12-14)17(22)15-6-8-19-9-7-15/h3-5,12,15,19H,6-11,13H2,1-2H3. The Morgan fingerprint density at radius 1 is 1.27 bits per heavy atom. The number of hydrogen-bond donors (Lipinski definition) is 1. The highest BCUT2D eigenvalue weighted by atomic mass is 35.5. The van der Waals surface area contributed by atoms with E-state index in [2.05, 4.69) is 10.2 Å². The Balaban J connectivity index is 2.05. The number of likely N-dealkylation sites (N-methyl/N-ethyl adjacent to an activating group) is 1. The molecule has 122 valence electrons. The summed E-state index contributed by atoms with van der Waals surface area (Å²) in [6.07, 6.45) is 1.87. The number of piperidine rings is 1. The third kappa shape index (κ3) is 5.27. The Morgan fingerprint density at radius 3 is 2.64 bits per heavy atom. The summed E-state index contributed by atoms with van der Waals surface area (Å²) in [5, 5.41) is 4.04. The first-order valence-corrected chi connectivity index (χ1v) is 8.32. The van der Waals surface area contributed by atoms with Crippen LogP contribution in [0.15, 0.2) is 24.3 Å². The van der Waals surface area contributed by atoms with Crippen LogP contribution >= 0.6 is 11.6 Å². The van der Waals surface area contributed by atoms with Gasteiger partial charge in [-0.2, -0.15) is 0 Å². The van der Waals surface area contributed by atoms with Crippen molar-refractivity contribution in [3.8, 4) is 0 Å². The molecule has 1 aromatic rings. The van der Waals surface area contributed by atoms with Gasteiger partial charge in [-0.25, -0.2) is 0 Å². The van der Waals surface area contributed by atoms with E-state index >= 15 is 0 Å². The summed E-state index contributed by atoms with van der Waals surface area (Å²) in [5.74, 6) is 0.436. The molecule has 0 saturated carbocycles. The van der Waals surface area contributed by atoms with Gasteiger partial charge in [0.15, 0.2) is 0 Å². The maximum absolute atomic E-state index is 12.8. The van der Waals surface area contributed by atoms with Crippen LogP contribution in [-0.4, -0.2) is 56.0 Å². The van der Waals surface area contributed by atoms with E-state index in [0.29, 0.717) is 6.54 Å². The number of halogens is 1. The molecule has 0 unspecified atom stereocenters. The normalized spacial score (nSPS) is 16.0. The minimum atomic E-state index is 0.155. The van der Waals surface area contributed by atoms with Crippen molar-refractivity contribution in [3.05, 3.63) is 34.9 Å². The molecule has 22 heavy (non-hydrogen) atoms. The quantitative estimate of drug-likeness (QED) is 0.872. The number of carbonyl (C=O) groups is 1. The maximum Gasteiger partial charge on any atom is 0.226 e. The number of benzene rings is 1. The molecule has 5 heteroatoms. The van der Waals surface area contributed by atoms with E-state index in [9.17, 15) is 4.79 Å². The van der Waals surface area contributed by atoms with Gasteiger partial charge in [-0.05, 0) is 57.7 Å². The highest BCUT2D eigenvalue weighted by Gasteiger charge is 2.25. The van der Waals surface area contributed by atoms with Gasteiger partial charge in [0.05, 0.1) is 0 Å². The van der Waals surface area contributed by atoms with Crippen molar-refractivity contribution in [2.75, 3.05) is 40.3 Å². The summed E-state index contributed by atoms with van der Waals surface area (Å²) in [6, 6.07) is 7.78. The van der Waals surface area contributed by atoms with E-state index < -0.39 is 0 Å². The third-order valence-corrected chi connectivity index (χ3v) is 4.31. The Morgan fingerprint density at radius 2 is 2.00 bits per heavy atom. The second kappa shape index (κ2) is 8.51. The zero-order valence-corrected chi connectivity index (χ0v) is 14.3. The molecule has 0 bridgehead atoms. The van der Waals surface area contributed by atoms with Crippen LogP contribution < -0.4 is 5.32 Å². The zero-order valence-electron chi connectivity index (χ0n) is 13.5. The molecule has 1 aromatic carbocycles. The minimum absolute atomic E-state index is 0.155. The van der Waals surface area contributed by atoms with Crippen LogP contribution in [0.25, 0.3) is 0 Å². The zero-order chi connectivity index (χ0) is 15.9. The lowest BCUT2D eigenvalue weighted by atomic mass is 9.96. The first kappa shape index (κ1) is 17.3. The molecular formula is C17H26ClN3O. The number of nitrogens with zero attached hydrogens (tertiary/aromatic N) is 2. The summed E-state index contributed by atoms with van der Waals surface area (Å²) in [5.41, 5.74) is 1.09. The molecule has 1 fully saturated rings. The molecule has 2 rings (SSSR count). The first-order valence-electron chi connectivity index (χ1n) is 7.95. The average molecular weight is 324 g/mol. The molecule has 1 saturated heterocycles. The molecule has 0 aromatic heterocycles. The van der Waals surface area contributed by atoms with Crippen molar-refractivity contribution in [1.29, 1.82) is 0 Å². The molecule has 0 radical (unpaired) electrons. The van der Waals surface area contributed by atoms with E-state index in [1.165, 1.54) is 0 Å². The van der Waals surface area contributed by atoms with Gasteiger partial charge >= 0.3 is 0 Å². The van der Waals surface area contributed by atoms with Crippen molar-refractivity contribution < 1.29 is 4.79 Å². The van der Waals surface area contributed by atoms with Crippen LogP contribution in [0.3, 0.4) is 0 Å². The fourth-order valence-corrected chi connectivity index (χ4v) is 2.98. The van der Waals surface area contributed by atoms with Crippen molar-refractivity contribution >= 4 is 17.5 Å². The second-order valence-corrected chi connectivity index (χ2v) is 6.65. The molecule has 1 heterocycles. The van der Waals surface area contributed by atoms with Gasteiger partial charge in [-0.3, -0.25) is 4.79 Å². The summed E-state index contributed by atoms with van der Waals surface area (Å²) in [4.78, 5) is 16.9. The van der Waals surface area contributed by atoms with Crippen molar-refractivity contribution in [3.63, 3.8) is 0 Å². The van der Waals surface area contributed by atoms with E-state index in [4.69, 9.17) is 11.6 Å². The average Bonchev–Trinajstić information content (AvgIpc) is 2.51. The van der Waals surface area contributed by atoms with Crippen molar-refractivity contribution in [1.82, 2.24) is 15.1 Å². The smallest absolute Gasteiger partial charge is 0.226 e. The monoisotopic (exact) mass is 323 g/mol. The number of nitrogens with one attached hydrogen (secondary N) is 1. The van der Waals surface area contributed by atoms with Gasteiger partial charge < -0.3 is 15.1 Å². The summed E-state index contributed by atoms with van der Waals surface area (Å²) < 4.78 is 0. The van der Waals surface area contributed by atoms with Crippen LogP contribution in [0.2, 0.25) is 5.02 Å². The largest absolute Gasteiger partial charge is 0.337 e. The van der Waals surface area contributed by atoms with E-state index in [1.807, 2.05) is 43.3 Å². The number of carbonyl (C=O) groups excluding carboxylic acids is 1. The van der Waals surface area contributed by atoms with E-state index in [0.717, 1.165) is 49.6 Å². The minimum Gasteiger partial charge on any atom is -0.337 e. The Bertz CT molecular complexity index is 487. The van der Waals surface area contributed by atoms with Crippen LogP contribution in [0.4, 0.5) is 0 Å². The van der Waals surface area contributed by atoms with Crippen molar-refractivity contribution in [2.45, 2.75) is 19.4 Å². The van der Waals surface area contributed by atoms with Crippen LogP contribution in [-0.2, 0) is 11.3 Å². The van der Waals surface area contributed by atoms with E-state index in [1.54, 1.807) is 0 Å². The predicted octanol–water partition coefficient (Wildman–Crippen LogP) is 2.23. The Labute approximate surface area is 138 Å². The molecule has 0 atom stereocenters. The maximum atomic E-state index is 12.8. The molecule has 0 aliphatic carbocycles. The lowest BCUT2D eigenvalue weighted by Crippen LogP contribution is -2.43. The fourth-order valence-electron chi connectivity index (χ4n) is 2.77. The predicted molar refractivity (Wildman–Crippen MR) is 91.0 cm³/mol. The molecular weight excluding hydrogens is 298 g/mol. The molecule has 1 aliphatic heterocycles. The van der Waals surface area contributed by atoms with Gasteiger partial charge in [-0.15, -0.1) is 0 Å². The SMILES string of the molecule is CN(C)CCN(Cc1cccc(Cl)c1)C(=O)C1CCNCC1. The van der Waals surface area contributed by atoms with Crippen molar-refractivity contribution in [2.24, 2.45) is 5.92 Å². The summed E-state index contributed by atoms with van der Waals surface area (Å²) >= 11 is 6.06. The second-order valence-electron chi connectivity index (χ2n) is 6.22. The highest BCUT2D eigenvalue weighted by Crippen LogP contribution is 2.18. The van der Waals surface area contributed by atoms with E-state index in [-0.39, 0.29) is 11.8 Å². The topological polar surface area (TPSA) is 35.6 Å². The first-order chi connectivity index (χ1) is 10.6.